The Morgan fingerprint density at radius 1 is 1.20 bits per heavy atom. The number of benzene rings is 2. The lowest BCUT2D eigenvalue weighted by Gasteiger charge is -2.18. The summed E-state index contributed by atoms with van der Waals surface area (Å²) in [5.41, 5.74) is 0.861. The predicted molar refractivity (Wildman–Crippen MR) is 94.8 cm³/mol. The van der Waals surface area contributed by atoms with Gasteiger partial charge in [-0.05, 0) is 49.4 Å². The Hall–Kier alpha value is -2.61. The number of ether oxygens (including phenoxy) is 1. The van der Waals surface area contributed by atoms with Crippen LogP contribution in [0.5, 0.6) is 5.75 Å². The number of carbonyl (C=O) groups excluding carboxylic acids is 1. The number of anilines is 2. The highest BCUT2D eigenvalue weighted by molar-refractivity contribution is 7.92. The standard InChI is InChI=1S/C17H19FN2O4S/c1-12(24-16-9-7-13(18)8-10-16)17(21)19-14-5-4-6-15(11-14)20(2)25(3,22)23/h4-12H,1-3H3,(H,19,21)/t12-/m1/s1. The summed E-state index contributed by atoms with van der Waals surface area (Å²) in [6.07, 6.45) is 0.276. The van der Waals surface area contributed by atoms with Crippen molar-refractivity contribution in [3.63, 3.8) is 0 Å². The first kappa shape index (κ1) is 18.7. The van der Waals surface area contributed by atoms with Crippen molar-refractivity contribution in [2.24, 2.45) is 0 Å². The second-order valence-corrected chi connectivity index (χ2v) is 7.50. The van der Waals surface area contributed by atoms with Crippen molar-refractivity contribution < 1.29 is 22.3 Å². The Bertz CT molecular complexity index is 853. The zero-order chi connectivity index (χ0) is 18.6. The Morgan fingerprint density at radius 2 is 1.84 bits per heavy atom. The molecule has 2 aromatic carbocycles. The lowest BCUT2D eigenvalue weighted by atomic mass is 10.2. The SMILES string of the molecule is C[C@@H](Oc1ccc(F)cc1)C(=O)Nc1cccc(N(C)S(C)(=O)=O)c1. The van der Waals surface area contributed by atoms with Crippen molar-refractivity contribution in [3.05, 3.63) is 54.3 Å². The van der Waals surface area contributed by atoms with Crippen LogP contribution in [-0.4, -0.2) is 33.7 Å². The molecule has 0 saturated heterocycles. The van der Waals surface area contributed by atoms with E-state index < -0.39 is 27.9 Å². The van der Waals surface area contributed by atoms with Crippen molar-refractivity contribution >= 4 is 27.3 Å². The molecule has 0 radical (unpaired) electrons. The van der Waals surface area contributed by atoms with Crippen molar-refractivity contribution in [2.45, 2.75) is 13.0 Å². The van der Waals surface area contributed by atoms with Crippen molar-refractivity contribution in [3.8, 4) is 5.75 Å². The van der Waals surface area contributed by atoms with Gasteiger partial charge in [0.25, 0.3) is 5.91 Å². The third-order valence-electron chi connectivity index (χ3n) is 3.47. The molecule has 0 bridgehead atoms. The Kier molecular flexibility index (Phi) is 5.63. The molecule has 0 spiro atoms. The third-order valence-corrected chi connectivity index (χ3v) is 4.68. The molecule has 0 aliphatic heterocycles. The van der Waals surface area contributed by atoms with E-state index in [1.165, 1.54) is 31.3 Å². The molecular weight excluding hydrogens is 347 g/mol. The molecule has 0 heterocycles. The highest BCUT2D eigenvalue weighted by Gasteiger charge is 2.16. The quantitative estimate of drug-likeness (QED) is 0.853. The highest BCUT2D eigenvalue weighted by atomic mass is 32.2. The van der Waals surface area contributed by atoms with Crippen LogP contribution in [0.4, 0.5) is 15.8 Å². The van der Waals surface area contributed by atoms with E-state index in [-0.39, 0.29) is 0 Å². The molecule has 0 saturated carbocycles. The van der Waals surface area contributed by atoms with Crippen LogP contribution >= 0.6 is 0 Å². The predicted octanol–water partition coefficient (Wildman–Crippen LogP) is 2.63. The number of hydrogen-bond acceptors (Lipinski definition) is 4. The van der Waals surface area contributed by atoms with Gasteiger partial charge in [0.2, 0.25) is 10.0 Å². The Balaban J connectivity index is 2.06. The van der Waals surface area contributed by atoms with Crippen LogP contribution in [0, 0.1) is 5.82 Å². The van der Waals surface area contributed by atoms with Crippen LogP contribution in [0.1, 0.15) is 6.92 Å². The van der Waals surface area contributed by atoms with Crippen LogP contribution < -0.4 is 14.4 Å². The van der Waals surface area contributed by atoms with Gasteiger partial charge < -0.3 is 10.1 Å². The first-order valence-electron chi connectivity index (χ1n) is 7.44. The molecule has 25 heavy (non-hydrogen) atoms. The van der Waals surface area contributed by atoms with Crippen LogP contribution in [0.3, 0.4) is 0 Å². The van der Waals surface area contributed by atoms with Gasteiger partial charge in [0.05, 0.1) is 11.9 Å². The molecule has 0 aliphatic rings. The number of nitrogens with zero attached hydrogens (tertiary/aromatic N) is 1. The van der Waals surface area contributed by atoms with Crippen LogP contribution in [-0.2, 0) is 14.8 Å². The Labute approximate surface area is 146 Å². The largest absolute Gasteiger partial charge is 0.481 e. The van der Waals surface area contributed by atoms with Gasteiger partial charge in [-0.1, -0.05) is 6.07 Å². The second-order valence-electron chi connectivity index (χ2n) is 5.48. The van der Waals surface area contributed by atoms with Gasteiger partial charge in [0, 0.05) is 12.7 Å². The summed E-state index contributed by atoms with van der Waals surface area (Å²) in [4.78, 5) is 12.2. The molecule has 0 aromatic heterocycles. The summed E-state index contributed by atoms with van der Waals surface area (Å²) in [6, 6.07) is 11.8. The monoisotopic (exact) mass is 366 g/mol. The summed E-state index contributed by atoms with van der Waals surface area (Å²) in [6.45, 7) is 1.56. The van der Waals surface area contributed by atoms with Crippen molar-refractivity contribution in [1.29, 1.82) is 0 Å². The first-order chi connectivity index (χ1) is 11.7. The van der Waals surface area contributed by atoms with E-state index in [1.807, 2.05) is 0 Å². The van der Waals surface area contributed by atoms with E-state index >= 15 is 0 Å². The Morgan fingerprint density at radius 3 is 2.44 bits per heavy atom. The van der Waals surface area contributed by atoms with Gasteiger partial charge in [-0.3, -0.25) is 9.10 Å². The maximum Gasteiger partial charge on any atom is 0.265 e. The number of nitrogens with one attached hydrogen (secondary N) is 1. The molecule has 0 aliphatic carbocycles. The maximum atomic E-state index is 12.9. The summed E-state index contributed by atoms with van der Waals surface area (Å²) < 4.78 is 42.6. The molecule has 2 rings (SSSR count). The molecule has 1 amide bonds. The zero-order valence-corrected chi connectivity index (χ0v) is 14.9. The van der Waals surface area contributed by atoms with Gasteiger partial charge in [-0.15, -0.1) is 0 Å². The number of amides is 1. The highest BCUT2D eigenvalue weighted by Crippen LogP contribution is 2.21. The van der Waals surface area contributed by atoms with Crippen molar-refractivity contribution in [2.75, 3.05) is 22.9 Å². The molecule has 134 valence electrons. The van der Waals surface area contributed by atoms with Gasteiger partial charge in [0.1, 0.15) is 11.6 Å². The maximum absolute atomic E-state index is 12.9. The lowest BCUT2D eigenvalue weighted by Crippen LogP contribution is -2.30. The second kappa shape index (κ2) is 7.52. The summed E-state index contributed by atoms with van der Waals surface area (Å²) in [7, 11) is -1.97. The molecule has 0 unspecified atom stereocenters. The molecular formula is C17H19FN2O4S. The average molecular weight is 366 g/mol. The van der Waals surface area contributed by atoms with Gasteiger partial charge >= 0.3 is 0 Å². The first-order valence-corrected chi connectivity index (χ1v) is 9.28. The number of halogens is 1. The number of hydrogen-bond donors (Lipinski definition) is 1. The summed E-state index contributed by atoms with van der Waals surface area (Å²) in [5, 5.41) is 2.66. The smallest absolute Gasteiger partial charge is 0.265 e. The van der Waals surface area contributed by atoms with E-state index in [0.717, 1.165) is 10.6 Å². The molecule has 1 N–H and O–H groups in total. The van der Waals surface area contributed by atoms with Gasteiger partial charge in [-0.25, -0.2) is 12.8 Å². The molecule has 2 aromatic rings. The molecule has 1 atom stereocenters. The van der Waals surface area contributed by atoms with Crippen LogP contribution in [0.2, 0.25) is 0 Å². The van der Waals surface area contributed by atoms with E-state index in [2.05, 4.69) is 5.32 Å². The van der Waals surface area contributed by atoms with Gasteiger partial charge in [0.15, 0.2) is 6.10 Å². The normalized spacial score (nSPS) is 12.3. The minimum absolute atomic E-state index is 0.370. The van der Waals surface area contributed by atoms with Crippen LogP contribution in [0.25, 0.3) is 0 Å². The van der Waals surface area contributed by atoms with E-state index in [1.54, 1.807) is 31.2 Å². The minimum atomic E-state index is -3.40. The van der Waals surface area contributed by atoms with E-state index in [9.17, 15) is 17.6 Å². The fourth-order valence-electron chi connectivity index (χ4n) is 1.99. The van der Waals surface area contributed by atoms with E-state index in [4.69, 9.17) is 4.74 Å². The number of sulfonamides is 1. The molecule has 8 heteroatoms. The van der Waals surface area contributed by atoms with Gasteiger partial charge in [-0.2, -0.15) is 0 Å². The average Bonchev–Trinajstić information content (AvgIpc) is 2.55. The number of rotatable bonds is 6. The summed E-state index contributed by atoms with van der Waals surface area (Å²) >= 11 is 0. The fourth-order valence-corrected chi connectivity index (χ4v) is 2.48. The third kappa shape index (κ3) is 5.18. The van der Waals surface area contributed by atoms with Crippen molar-refractivity contribution in [1.82, 2.24) is 0 Å². The minimum Gasteiger partial charge on any atom is -0.481 e. The molecule has 0 fully saturated rings. The molecule has 6 nitrogen and oxygen atoms in total. The van der Waals surface area contributed by atoms with E-state index in [0.29, 0.717) is 17.1 Å². The zero-order valence-electron chi connectivity index (χ0n) is 14.1. The number of carbonyl (C=O) groups is 1. The topological polar surface area (TPSA) is 75.7 Å². The summed E-state index contributed by atoms with van der Waals surface area (Å²) in [5.74, 6) is -0.436. The fraction of sp³-hybridized carbons (Fsp3) is 0.235. The van der Waals surface area contributed by atoms with Crippen LogP contribution in [0.15, 0.2) is 48.5 Å². The lowest BCUT2D eigenvalue weighted by molar-refractivity contribution is -0.122.